The predicted molar refractivity (Wildman–Crippen MR) is 57.3 cm³/mol. The van der Waals surface area contributed by atoms with Crippen molar-refractivity contribution < 1.29 is 9.59 Å². The van der Waals surface area contributed by atoms with Crippen LogP contribution >= 0.6 is 0 Å². The number of carbonyl (C=O) groups excluding carboxylic acids is 2. The van der Waals surface area contributed by atoms with E-state index in [1.165, 1.54) is 0 Å². The minimum absolute atomic E-state index is 0.108. The number of amides is 1. The van der Waals surface area contributed by atoms with Gasteiger partial charge in [-0.15, -0.1) is 6.58 Å². The van der Waals surface area contributed by atoms with Crippen molar-refractivity contribution in [3.63, 3.8) is 0 Å². The molecule has 82 valence electrons. The van der Waals surface area contributed by atoms with E-state index in [-0.39, 0.29) is 17.9 Å². The highest BCUT2D eigenvalue weighted by atomic mass is 16.2. The summed E-state index contributed by atoms with van der Waals surface area (Å²) in [5.74, 6) is 0.648. The first-order valence-corrected chi connectivity index (χ1v) is 5.67. The number of carbonyl (C=O) groups is 2. The molecule has 2 fully saturated rings. The molecular weight excluding hydrogens is 190 g/mol. The smallest absolute Gasteiger partial charge is 0.223 e. The van der Waals surface area contributed by atoms with Crippen molar-refractivity contribution in [2.75, 3.05) is 6.54 Å². The van der Waals surface area contributed by atoms with Gasteiger partial charge in [0, 0.05) is 31.3 Å². The van der Waals surface area contributed by atoms with E-state index < -0.39 is 0 Å². The molecule has 0 aromatic carbocycles. The van der Waals surface area contributed by atoms with Crippen molar-refractivity contribution in [2.24, 2.45) is 5.92 Å². The van der Waals surface area contributed by atoms with E-state index in [1.807, 2.05) is 4.90 Å². The summed E-state index contributed by atoms with van der Waals surface area (Å²) in [6.07, 6.45) is 5.66. The zero-order valence-electron chi connectivity index (χ0n) is 8.95. The average Bonchev–Trinajstić information content (AvgIpc) is 2.23. The lowest BCUT2D eigenvalue weighted by Crippen LogP contribution is -2.52. The first kappa shape index (κ1) is 10.4. The standard InChI is InChI=1S/C12H17NO2/c1-2-8-13-10-4-3-5-11(14)9(10)6-7-12(13)15/h2,9-10H,1,3-8H2. The molecule has 0 aromatic heterocycles. The molecule has 15 heavy (non-hydrogen) atoms. The van der Waals surface area contributed by atoms with Gasteiger partial charge < -0.3 is 4.90 Å². The third-order valence-corrected chi connectivity index (χ3v) is 3.52. The van der Waals surface area contributed by atoms with Crippen LogP contribution in [-0.4, -0.2) is 29.2 Å². The summed E-state index contributed by atoms with van der Waals surface area (Å²) in [5.41, 5.74) is 0. The zero-order chi connectivity index (χ0) is 10.8. The fourth-order valence-corrected chi connectivity index (χ4v) is 2.80. The Labute approximate surface area is 90.1 Å². The van der Waals surface area contributed by atoms with Gasteiger partial charge in [-0.2, -0.15) is 0 Å². The number of rotatable bonds is 2. The molecule has 2 atom stereocenters. The van der Waals surface area contributed by atoms with Crippen LogP contribution in [0.25, 0.3) is 0 Å². The molecule has 1 saturated heterocycles. The second kappa shape index (κ2) is 4.17. The van der Waals surface area contributed by atoms with Gasteiger partial charge >= 0.3 is 0 Å². The molecule has 0 radical (unpaired) electrons. The molecule has 1 aliphatic heterocycles. The van der Waals surface area contributed by atoms with Crippen LogP contribution < -0.4 is 0 Å². The van der Waals surface area contributed by atoms with Crippen LogP contribution in [0.5, 0.6) is 0 Å². The van der Waals surface area contributed by atoms with E-state index in [0.29, 0.717) is 25.2 Å². The van der Waals surface area contributed by atoms with Crippen LogP contribution in [0.1, 0.15) is 32.1 Å². The van der Waals surface area contributed by atoms with Gasteiger partial charge in [0.2, 0.25) is 5.91 Å². The van der Waals surface area contributed by atoms with Crippen LogP contribution in [0.2, 0.25) is 0 Å². The van der Waals surface area contributed by atoms with Crippen molar-refractivity contribution in [3.05, 3.63) is 12.7 Å². The highest BCUT2D eigenvalue weighted by molar-refractivity contribution is 5.86. The summed E-state index contributed by atoms with van der Waals surface area (Å²) >= 11 is 0. The molecule has 0 bridgehead atoms. The maximum absolute atomic E-state index is 11.7. The Hall–Kier alpha value is -1.12. The molecule has 2 unspecified atom stereocenters. The summed E-state index contributed by atoms with van der Waals surface area (Å²) in [5, 5.41) is 0. The van der Waals surface area contributed by atoms with Gasteiger partial charge in [-0.3, -0.25) is 9.59 Å². The van der Waals surface area contributed by atoms with Crippen LogP contribution in [0.4, 0.5) is 0 Å². The van der Waals surface area contributed by atoms with E-state index in [4.69, 9.17) is 0 Å². The largest absolute Gasteiger partial charge is 0.335 e. The lowest BCUT2D eigenvalue weighted by Gasteiger charge is -2.42. The third-order valence-electron chi connectivity index (χ3n) is 3.52. The Kier molecular flexibility index (Phi) is 2.89. The fraction of sp³-hybridized carbons (Fsp3) is 0.667. The van der Waals surface area contributed by atoms with Gasteiger partial charge in [-0.25, -0.2) is 0 Å². The van der Waals surface area contributed by atoms with E-state index >= 15 is 0 Å². The number of ketones is 1. The number of likely N-dealkylation sites (tertiary alicyclic amines) is 1. The van der Waals surface area contributed by atoms with E-state index in [9.17, 15) is 9.59 Å². The number of nitrogens with zero attached hydrogens (tertiary/aromatic N) is 1. The molecule has 1 saturated carbocycles. The molecule has 1 heterocycles. The summed E-state index contributed by atoms with van der Waals surface area (Å²) < 4.78 is 0. The van der Waals surface area contributed by atoms with Gasteiger partial charge in [-0.1, -0.05) is 6.08 Å². The molecular formula is C12H17NO2. The molecule has 0 N–H and O–H groups in total. The lowest BCUT2D eigenvalue weighted by molar-refractivity contribution is -0.143. The maximum atomic E-state index is 11.7. The molecule has 3 nitrogen and oxygen atoms in total. The van der Waals surface area contributed by atoms with Crippen molar-refractivity contribution in [1.29, 1.82) is 0 Å². The quantitative estimate of drug-likeness (QED) is 0.644. The fourth-order valence-electron chi connectivity index (χ4n) is 2.80. The Morgan fingerprint density at radius 2 is 2.13 bits per heavy atom. The van der Waals surface area contributed by atoms with E-state index in [0.717, 1.165) is 19.3 Å². The lowest BCUT2D eigenvalue weighted by atomic mass is 9.77. The molecule has 0 aromatic rings. The van der Waals surface area contributed by atoms with Crippen molar-refractivity contribution in [1.82, 2.24) is 4.90 Å². The Morgan fingerprint density at radius 3 is 2.87 bits per heavy atom. The van der Waals surface area contributed by atoms with Crippen molar-refractivity contribution in [3.8, 4) is 0 Å². The van der Waals surface area contributed by atoms with E-state index in [2.05, 4.69) is 6.58 Å². The average molecular weight is 207 g/mol. The van der Waals surface area contributed by atoms with Crippen LogP contribution in [0, 0.1) is 5.92 Å². The maximum Gasteiger partial charge on any atom is 0.223 e. The highest BCUT2D eigenvalue weighted by Crippen LogP contribution is 2.33. The first-order chi connectivity index (χ1) is 7.24. The van der Waals surface area contributed by atoms with Gasteiger partial charge in [0.15, 0.2) is 0 Å². The Balaban J connectivity index is 2.17. The van der Waals surface area contributed by atoms with Crippen LogP contribution in [-0.2, 0) is 9.59 Å². The minimum Gasteiger partial charge on any atom is -0.335 e. The molecule has 1 aliphatic carbocycles. The molecule has 0 spiro atoms. The normalized spacial score (nSPS) is 31.3. The van der Waals surface area contributed by atoms with Crippen LogP contribution in [0.3, 0.4) is 0 Å². The summed E-state index contributed by atoms with van der Waals surface area (Å²) in [4.78, 5) is 25.3. The van der Waals surface area contributed by atoms with Gasteiger partial charge in [0.1, 0.15) is 5.78 Å². The highest BCUT2D eigenvalue weighted by Gasteiger charge is 2.40. The van der Waals surface area contributed by atoms with Crippen molar-refractivity contribution in [2.45, 2.75) is 38.1 Å². The summed E-state index contributed by atoms with van der Waals surface area (Å²) in [6.45, 7) is 4.26. The Morgan fingerprint density at radius 1 is 1.33 bits per heavy atom. The second-order valence-electron chi connectivity index (χ2n) is 4.41. The van der Waals surface area contributed by atoms with Gasteiger partial charge in [0.25, 0.3) is 0 Å². The van der Waals surface area contributed by atoms with E-state index in [1.54, 1.807) is 6.08 Å². The summed E-state index contributed by atoms with van der Waals surface area (Å²) in [6, 6.07) is 0.158. The number of hydrogen-bond acceptors (Lipinski definition) is 2. The number of Topliss-reactive ketones (excluding diaryl/α,β-unsaturated/α-hetero) is 1. The number of fused-ring (bicyclic) bond motifs is 1. The Bertz CT molecular complexity index is 298. The summed E-state index contributed by atoms with van der Waals surface area (Å²) in [7, 11) is 0. The third kappa shape index (κ3) is 1.83. The minimum atomic E-state index is 0.108. The van der Waals surface area contributed by atoms with Crippen LogP contribution in [0.15, 0.2) is 12.7 Å². The molecule has 2 rings (SSSR count). The SMILES string of the molecule is C=CCN1C(=O)CCC2C(=O)CCCC21. The molecule has 3 heteroatoms. The zero-order valence-corrected chi connectivity index (χ0v) is 8.95. The number of piperidine rings is 1. The van der Waals surface area contributed by atoms with Gasteiger partial charge in [-0.05, 0) is 19.3 Å². The monoisotopic (exact) mass is 207 g/mol. The second-order valence-corrected chi connectivity index (χ2v) is 4.41. The predicted octanol–water partition coefficient (Wildman–Crippen LogP) is 1.53. The molecule has 2 aliphatic rings. The number of hydrogen-bond donors (Lipinski definition) is 0. The topological polar surface area (TPSA) is 37.4 Å². The van der Waals surface area contributed by atoms with Gasteiger partial charge in [0.05, 0.1) is 0 Å². The molecule has 1 amide bonds. The first-order valence-electron chi connectivity index (χ1n) is 5.67. The van der Waals surface area contributed by atoms with Crippen molar-refractivity contribution >= 4 is 11.7 Å².